The number of aliphatic hydroxyl groups excluding tert-OH is 1. The van der Waals surface area contributed by atoms with E-state index in [2.05, 4.69) is 0 Å². The molecule has 0 saturated heterocycles. The van der Waals surface area contributed by atoms with Crippen LogP contribution in [-0.4, -0.2) is 10.0 Å². The highest BCUT2D eigenvalue weighted by Gasteiger charge is 2.19. The number of nitrogens with zero attached hydrogens (tertiary/aromatic N) is 1. The Morgan fingerprint density at radius 2 is 1.81 bits per heavy atom. The van der Waals surface area contributed by atoms with Crippen molar-refractivity contribution in [3.8, 4) is 11.5 Å². The predicted octanol–water partition coefficient (Wildman–Crippen LogP) is 4.06. The molecule has 0 aliphatic rings. The zero-order valence-corrected chi connectivity index (χ0v) is 12.2. The van der Waals surface area contributed by atoms with Crippen LogP contribution in [0.25, 0.3) is 0 Å². The summed E-state index contributed by atoms with van der Waals surface area (Å²) in [5.41, 5.74) is 2.24. The summed E-state index contributed by atoms with van der Waals surface area (Å²) in [4.78, 5) is 10.7. The van der Waals surface area contributed by atoms with Crippen LogP contribution >= 0.6 is 0 Å². The molecule has 0 spiro atoms. The van der Waals surface area contributed by atoms with E-state index >= 15 is 0 Å². The molecule has 1 unspecified atom stereocenters. The average Bonchev–Trinajstić information content (AvgIpc) is 2.41. The Kier molecular flexibility index (Phi) is 4.23. The Balaban J connectivity index is 2.37. The van der Waals surface area contributed by atoms with E-state index in [1.807, 2.05) is 6.07 Å². The van der Waals surface area contributed by atoms with Gasteiger partial charge in [-0.05, 0) is 49.6 Å². The van der Waals surface area contributed by atoms with Crippen molar-refractivity contribution in [2.24, 2.45) is 0 Å². The van der Waals surface area contributed by atoms with E-state index in [0.29, 0.717) is 11.3 Å². The van der Waals surface area contributed by atoms with Crippen molar-refractivity contribution in [3.63, 3.8) is 0 Å². The highest BCUT2D eigenvalue weighted by Crippen LogP contribution is 2.35. The fourth-order valence-electron chi connectivity index (χ4n) is 2.13. The number of benzene rings is 2. The van der Waals surface area contributed by atoms with Crippen molar-refractivity contribution >= 4 is 5.69 Å². The molecule has 0 amide bonds. The van der Waals surface area contributed by atoms with Gasteiger partial charge in [0.2, 0.25) is 5.75 Å². The first-order chi connectivity index (χ1) is 9.88. The minimum absolute atomic E-state index is 0.0490. The minimum Gasteiger partial charge on any atom is -0.450 e. The second kappa shape index (κ2) is 5.93. The first-order valence-electron chi connectivity index (χ1n) is 6.60. The highest BCUT2D eigenvalue weighted by atomic mass is 16.6. The molecule has 0 heterocycles. The Morgan fingerprint density at radius 1 is 1.19 bits per heavy atom. The van der Waals surface area contributed by atoms with Gasteiger partial charge in [0.05, 0.1) is 11.0 Å². The fraction of sp³-hybridized carbons (Fsp3) is 0.250. The molecule has 2 aromatic rings. The number of nitro benzene ring substituents is 1. The van der Waals surface area contributed by atoms with E-state index in [-0.39, 0.29) is 11.4 Å². The second-order valence-corrected chi connectivity index (χ2v) is 5.03. The van der Waals surface area contributed by atoms with Crippen LogP contribution in [0.2, 0.25) is 0 Å². The van der Waals surface area contributed by atoms with Gasteiger partial charge in [-0.15, -0.1) is 0 Å². The van der Waals surface area contributed by atoms with Gasteiger partial charge in [-0.2, -0.15) is 0 Å². The fourth-order valence-corrected chi connectivity index (χ4v) is 2.13. The van der Waals surface area contributed by atoms with Crippen molar-refractivity contribution in [3.05, 3.63) is 63.2 Å². The number of aliphatic hydroxyl groups is 1. The van der Waals surface area contributed by atoms with Crippen LogP contribution in [0.5, 0.6) is 11.5 Å². The molecule has 2 rings (SSSR count). The van der Waals surface area contributed by atoms with Crippen molar-refractivity contribution in [2.45, 2.75) is 26.9 Å². The third-order valence-electron chi connectivity index (χ3n) is 3.18. The molecule has 0 saturated carbocycles. The van der Waals surface area contributed by atoms with E-state index in [0.717, 1.165) is 11.1 Å². The number of aryl methyl sites for hydroxylation is 2. The third-order valence-corrected chi connectivity index (χ3v) is 3.18. The van der Waals surface area contributed by atoms with E-state index in [1.165, 1.54) is 6.07 Å². The zero-order chi connectivity index (χ0) is 15.6. The van der Waals surface area contributed by atoms with Gasteiger partial charge < -0.3 is 9.84 Å². The lowest BCUT2D eigenvalue weighted by atomic mass is 10.1. The standard InChI is InChI=1S/C16H17NO4/c1-10-8-11(2)16(15(9-10)17(19)20)21-14-6-4-13(5-7-14)12(3)18/h4-9,12,18H,1-3H3. The average molecular weight is 287 g/mol. The summed E-state index contributed by atoms with van der Waals surface area (Å²) in [6, 6.07) is 10.2. The summed E-state index contributed by atoms with van der Waals surface area (Å²) in [5, 5.41) is 20.6. The molecule has 0 fully saturated rings. The van der Waals surface area contributed by atoms with Gasteiger partial charge in [-0.3, -0.25) is 10.1 Å². The molecule has 2 aromatic carbocycles. The normalized spacial score (nSPS) is 12.0. The van der Waals surface area contributed by atoms with Crippen LogP contribution in [-0.2, 0) is 0 Å². The monoisotopic (exact) mass is 287 g/mol. The number of nitro groups is 1. The summed E-state index contributed by atoms with van der Waals surface area (Å²) in [5.74, 6) is 0.741. The Morgan fingerprint density at radius 3 is 2.33 bits per heavy atom. The molecule has 1 atom stereocenters. The van der Waals surface area contributed by atoms with Crippen molar-refractivity contribution < 1.29 is 14.8 Å². The molecule has 0 bridgehead atoms. The molecule has 0 aliphatic carbocycles. The molecule has 21 heavy (non-hydrogen) atoms. The van der Waals surface area contributed by atoms with Gasteiger partial charge in [0, 0.05) is 6.07 Å². The maximum Gasteiger partial charge on any atom is 0.312 e. The molecule has 5 heteroatoms. The second-order valence-electron chi connectivity index (χ2n) is 5.03. The molecule has 1 N–H and O–H groups in total. The highest BCUT2D eigenvalue weighted by molar-refractivity contribution is 5.55. The van der Waals surface area contributed by atoms with Crippen LogP contribution in [0.3, 0.4) is 0 Å². The zero-order valence-electron chi connectivity index (χ0n) is 12.2. The number of ether oxygens (including phenoxy) is 1. The summed E-state index contributed by atoms with van der Waals surface area (Å²) in [7, 11) is 0. The van der Waals surface area contributed by atoms with Crippen LogP contribution in [0.15, 0.2) is 36.4 Å². The number of hydrogen-bond acceptors (Lipinski definition) is 4. The molecular weight excluding hydrogens is 270 g/mol. The summed E-state index contributed by atoms with van der Waals surface area (Å²) < 4.78 is 5.67. The largest absolute Gasteiger partial charge is 0.450 e. The van der Waals surface area contributed by atoms with Crippen LogP contribution in [0.1, 0.15) is 29.7 Å². The number of hydrogen-bond donors (Lipinski definition) is 1. The van der Waals surface area contributed by atoms with Crippen LogP contribution < -0.4 is 4.74 Å². The lowest BCUT2D eigenvalue weighted by molar-refractivity contribution is -0.385. The molecule has 0 aromatic heterocycles. The maximum atomic E-state index is 11.2. The number of rotatable bonds is 4. The van der Waals surface area contributed by atoms with Crippen molar-refractivity contribution in [1.82, 2.24) is 0 Å². The van der Waals surface area contributed by atoms with Gasteiger partial charge in [-0.25, -0.2) is 0 Å². The first kappa shape index (κ1) is 15.0. The summed E-state index contributed by atoms with van der Waals surface area (Å²) in [6.07, 6.45) is -0.561. The van der Waals surface area contributed by atoms with E-state index in [1.54, 1.807) is 45.0 Å². The Bertz CT molecular complexity index is 663. The summed E-state index contributed by atoms with van der Waals surface area (Å²) in [6.45, 7) is 5.26. The quantitative estimate of drug-likeness (QED) is 0.680. The van der Waals surface area contributed by atoms with E-state index in [4.69, 9.17) is 4.74 Å². The predicted molar refractivity (Wildman–Crippen MR) is 79.7 cm³/mol. The molecular formula is C16H17NO4. The lowest BCUT2D eigenvalue weighted by Crippen LogP contribution is -1.97. The molecule has 5 nitrogen and oxygen atoms in total. The van der Waals surface area contributed by atoms with Gasteiger partial charge >= 0.3 is 5.69 Å². The Labute approximate surface area is 123 Å². The first-order valence-corrected chi connectivity index (χ1v) is 6.60. The van der Waals surface area contributed by atoms with Gasteiger partial charge in [0.15, 0.2) is 0 Å². The van der Waals surface area contributed by atoms with E-state index in [9.17, 15) is 15.2 Å². The van der Waals surface area contributed by atoms with Crippen molar-refractivity contribution in [2.75, 3.05) is 0 Å². The summed E-state index contributed by atoms with van der Waals surface area (Å²) >= 11 is 0. The molecule has 110 valence electrons. The Hall–Kier alpha value is -2.40. The van der Waals surface area contributed by atoms with E-state index < -0.39 is 11.0 Å². The van der Waals surface area contributed by atoms with Crippen molar-refractivity contribution in [1.29, 1.82) is 0 Å². The molecule has 0 aliphatic heterocycles. The lowest BCUT2D eigenvalue weighted by Gasteiger charge is -2.11. The maximum absolute atomic E-state index is 11.2. The van der Waals surface area contributed by atoms with Gasteiger partial charge in [0.25, 0.3) is 0 Å². The smallest absolute Gasteiger partial charge is 0.312 e. The third kappa shape index (κ3) is 3.38. The van der Waals surface area contributed by atoms with Crippen LogP contribution in [0, 0.1) is 24.0 Å². The molecule has 0 radical (unpaired) electrons. The van der Waals surface area contributed by atoms with Crippen LogP contribution in [0.4, 0.5) is 5.69 Å². The minimum atomic E-state index is -0.561. The van der Waals surface area contributed by atoms with Gasteiger partial charge in [-0.1, -0.05) is 18.2 Å². The SMILES string of the molecule is Cc1cc(C)c(Oc2ccc(C(C)O)cc2)c([N+](=O)[O-])c1. The van der Waals surface area contributed by atoms with Gasteiger partial charge in [0.1, 0.15) is 5.75 Å². The topological polar surface area (TPSA) is 72.6 Å².